The van der Waals surface area contributed by atoms with Crippen LogP contribution < -0.4 is 10.6 Å². The number of nitrogens with one attached hydrogen (secondary N) is 2. The van der Waals surface area contributed by atoms with Gasteiger partial charge in [-0.2, -0.15) is 0 Å². The molecule has 2 atom stereocenters. The van der Waals surface area contributed by atoms with E-state index in [0.29, 0.717) is 23.5 Å². The van der Waals surface area contributed by atoms with Gasteiger partial charge in [0.25, 0.3) is 0 Å². The number of carbonyl (C=O) groups is 1. The second-order valence-electron chi connectivity index (χ2n) is 6.14. The molecule has 0 bridgehead atoms. The van der Waals surface area contributed by atoms with Crippen molar-refractivity contribution in [2.75, 3.05) is 31.5 Å². The number of nitrogens with zero attached hydrogens (tertiary/aromatic N) is 1. The molecule has 114 valence electrons. The summed E-state index contributed by atoms with van der Waals surface area (Å²) in [5, 5.41) is 7.23. The fraction of sp³-hybridized carbons (Fsp3) is 0.562. The number of fused-ring (bicyclic) bond motifs is 1. The summed E-state index contributed by atoms with van der Waals surface area (Å²) in [4.78, 5) is 14.5. The molecule has 5 heteroatoms. The van der Waals surface area contributed by atoms with Gasteiger partial charge in [-0.05, 0) is 56.0 Å². The maximum Gasteiger partial charge on any atom is 0.238 e. The van der Waals surface area contributed by atoms with E-state index in [4.69, 9.17) is 11.6 Å². The highest BCUT2D eigenvalue weighted by molar-refractivity contribution is 6.30. The molecule has 0 aromatic heterocycles. The summed E-state index contributed by atoms with van der Waals surface area (Å²) in [5.74, 6) is 0.772. The van der Waals surface area contributed by atoms with Crippen molar-refractivity contribution in [2.45, 2.75) is 25.8 Å². The van der Waals surface area contributed by atoms with Crippen LogP contribution in [0.5, 0.6) is 0 Å². The van der Waals surface area contributed by atoms with E-state index in [1.807, 2.05) is 19.1 Å². The highest BCUT2D eigenvalue weighted by atomic mass is 35.5. The van der Waals surface area contributed by atoms with Crippen LogP contribution in [0.25, 0.3) is 0 Å². The van der Waals surface area contributed by atoms with E-state index in [1.165, 1.54) is 6.42 Å². The maximum atomic E-state index is 12.2. The van der Waals surface area contributed by atoms with Crippen molar-refractivity contribution in [1.29, 1.82) is 0 Å². The van der Waals surface area contributed by atoms with E-state index in [-0.39, 0.29) is 5.91 Å². The molecule has 2 fully saturated rings. The van der Waals surface area contributed by atoms with E-state index in [0.717, 1.165) is 37.3 Å². The first-order chi connectivity index (χ1) is 10.1. The molecule has 0 aliphatic carbocycles. The molecule has 21 heavy (non-hydrogen) atoms. The van der Waals surface area contributed by atoms with Gasteiger partial charge in [0.1, 0.15) is 0 Å². The Morgan fingerprint density at radius 1 is 1.48 bits per heavy atom. The number of anilines is 1. The summed E-state index contributed by atoms with van der Waals surface area (Å²) in [6.07, 6.45) is 2.39. The molecule has 2 aliphatic rings. The Morgan fingerprint density at radius 3 is 3.14 bits per heavy atom. The second-order valence-corrected chi connectivity index (χ2v) is 6.58. The Hall–Kier alpha value is -1.10. The quantitative estimate of drug-likeness (QED) is 0.900. The lowest BCUT2D eigenvalue weighted by atomic mass is 9.93. The van der Waals surface area contributed by atoms with Crippen LogP contribution in [0.1, 0.15) is 18.4 Å². The fourth-order valence-electron chi connectivity index (χ4n) is 3.43. The van der Waals surface area contributed by atoms with E-state index in [9.17, 15) is 4.79 Å². The van der Waals surface area contributed by atoms with Crippen LogP contribution in [-0.4, -0.2) is 43.0 Å². The third-order valence-electron chi connectivity index (χ3n) is 4.57. The second kappa shape index (κ2) is 6.34. The van der Waals surface area contributed by atoms with Crippen LogP contribution >= 0.6 is 11.6 Å². The average molecular weight is 308 g/mol. The molecule has 2 unspecified atom stereocenters. The zero-order valence-corrected chi connectivity index (χ0v) is 13.1. The van der Waals surface area contributed by atoms with E-state index in [1.54, 1.807) is 6.07 Å². The van der Waals surface area contributed by atoms with Crippen molar-refractivity contribution in [3.05, 3.63) is 28.8 Å². The number of aryl methyl sites for hydroxylation is 1. The SMILES string of the molecule is Cc1cc(Cl)ccc1NC(=O)CN1CCC2NCCC2C1. The summed E-state index contributed by atoms with van der Waals surface area (Å²) in [6.45, 7) is 5.59. The van der Waals surface area contributed by atoms with E-state index < -0.39 is 0 Å². The smallest absolute Gasteiger partial charge is 0.238 e. The number of piperidine rings is 1. The number of rotatable bonds is 3. The predicted octanol–water partition coefficient (Wildman–Crippen LogP) is 2.27. The largest absolute Gasteiger partial charge is 0.325 e. The minimum Gasteiger partial charge on any atom is -0.325 e. The van der Waals surface area contributed by atoms with Crippen LogP contribution in [0.15, 0.2) is 18.2 Å². The van der Waals surface area contributed by atoms with Gasteiger partial charge in [-0.25, -0.2) is 0 Å². The third kappa shape index (κ3) is 3.57. The molecule has 0 spiro atoms. The Bertz CT molecular complexity index is 534. The number of carbonyl (C=O) groups excluding carboxylic acids is 1. The number of hydrogen-bond donors (Lipinski definition) is 2. The van der Waals surface area contributed by atoms with Crippen LogP contribution in [-0.2, 0) is 4.79 Å². The van der Waals surface area contributed by atoms with Gasteiger partial charge in [0.2, 0.25) is 5.91 Å². The van der Waals surface area contributed by atoms with Gasteiger partial charge < -0.3 is 10.6 Å². The standard InChI is InChI=1S/C16H22ClN3O/c1-11-8-13(17)2-3-14(11)19-16(21)10-20-7-5-15-12(9-20)4-6-18-15/h2-3,8,12,15,18H,4-7,9-10H2,1H3,(H,19,21). The van der Waals surface area contributed by atoms with Crippen LogP contribution in [0.4, 0.5) is 5.69 Å². The van der Waals surface area contributed by atoms with Gasteiger partial charge in [0.15, 0.2) is 0 Å². The molecule has 2 N–H and O–H groups in total. The zero-order chi connectivity index (χ0) is 14.8. The summed E-state index contributed by atoms with van der Waals surface area (Å²) >= 11 is 5.93. The summed E-state index contributed by atoms with van der Waals surface area (Å²) < 4.78 is 0. The van der Waals surface area contributed by atoms with Crippen molar-refractivity contribution in [2.24, 2.45) is 5.92 Å². The van der Waals surface area contributed by atoms with Crippen LogP contribution in [0.2, 0.25) is 5.02 Å². The highest BCUT2D eigenvalue weighted by Crippen LogP contribution is 2.24. The van der Waals surface area contributed by atoms with E-state index >= 15 is 0 Å². The maximum absolute atomic E-state index is 12.2. The summed E-state index contributed by atoms with van der Waals surface area (Å²) in [6, 6.07) is 6.21. The molecule has 2 heterocycles. The minimum absolute atomic E-state index is 0.0600. The van der Waals surface area contributed by atoms with Crippen LogP contribution in [0, 0.1) is 12.8 Å². The van der Waals surface area contributed by atoms with Crippen molar-refractivity contribution in [3.8, 4) is 0 Å². The van der Waals surface area contributed by atoms with Crippen molar-refractivity contribution in [1.82, 2.24) is 10.2 Å². The minimum atomic E-state index is 0.0600. The number of amides is 1. The van der Waals surface area contributed by atoms with Crippen molar-refractivity contribution >= 4 is 23.2 Å². The van der Waals surface area contributed by atoms with E-state index in [2.05, 4.69) is 15.5 Å². The Kier molecular flexibility index (Phi) is 4.48. The first kappa shape index (κ1) is 14.8. The Balaban J connectivity index is 1.54. The molecule has 4 nitrogen and oxygen atoms in total. The molecular weight excluding hydrogens is 286 g/mol. The first-order valence-corrected chi connectivity index (χ1v) is 8.01. The molecule has 1 aromatic rings. The number of halogens is 1. The van der Waals surface area contributed by atoms with Gasteiger partial charge >= 0.3 is 0 Å². The summed E-state index contributed by atoms with van der Waals surface area (Å²) in [7, 11) is 0. The fourth-order valence-corrected chi connectivity index (χ4v) is 3.65. The van der Waals surface area contributed by atoms with Gasteiger partial charge in [-0.15, -0.1) is 0 Å². The molecule has 2 saturated heterocycles. The highest BCUT2D eigenvalue weighted by Gasteiger charge is 2.32. The normalized spacial score (nSPS) is 25.6. The lowest BCUT2D eigenvalue weighted by Gasteiger charge is -2.34. The lowest BCUT2D eigenvalue weighted by molar-refractivity contribution is -0.117. The van der Waals surface area contributed by atoms with Gasteiger partial charge in [0, 0.05) is 29.8 Å². The molecule has 1 amide bonds. The number of benzene rings is 1. The molecule has 0 radical (unpaired) electrons. The third-order valence-corrected chi connectivity index (χ3v) is 4.80. The molecule has 3 rings (SSSR count). The monoisotopic (exact) mass is 307 g/mol. The lowest BCUT2D eigenvalue weighted by Crippen LogP contribution is -2.46. The average Bonchev–Trinajstić information content (AvgIpc) is 2.89. The Morgan fingerprint density at radius 2 is 2.33 bits per heavy atom. The van der Waals surface area contributed by atoms with Crippen molar-refractivity contribution in [3.63, 3.8) is 0 Å². The predicted molar refractivity (Wildman–Crippen MR) is 85.8 cm³/mol. The van der Waals surface area contributed by atoms with Gasteiger partial charge in [-0.3, -0.25) is 9.69 Å². The first-order valence-electron chi connectivity index (χ1n) is 7.63. The molecule has 1 aromatic carbocycles. The zero-order valence-electron chi connectivity index (χ0n) is 12.4. The van der Waals surface area contributed by atoms with Crippen LogP contribution in [0.3, 0.4) is 0 Å². The number of likely N-dealkylation sites (tertiary alicyclic amines) is 1. The molecular formula is C16H22ClN3O. The number of hydrogen-bond acceptors (Lipinski definition) is 3. The van der Waals surface area contributed by atoms with Gasteiger partial charge in [-0.1, -0.05) is 11.6 Å². The molecule has 2 aliphatic heterocycles. The van der Waals surface area contributed by atoms with Crippen molar-refractivity contribution < 1.29 is 4.79 Å². The topological polar surface area (TPSA) is 44.4 Å². The summed E-state index contributed by atoms with van der Waals surface area (Å²) in [5.41, 5.74) is 1.84. The molecule has 0 saturated carbocycles. The van der Waals surface area contributed by atoms with Gasteiger partial charge in [0.05, 0.1) is 6.54 Å². The Labute approximate surface area is 130 Å².